The number of carbonyl (C=O) groups excluding carboxylic acids is 1. The lowest BCUT2D eigenvalue weighted by atomic mass is 10.1. The van der Waals surface area contributed by atoms with E-state index in [1.165, 1.54) is 0 Å². The third-order valence-electron chi connectivity index (χ3n) is 3.68. The Bertz CT molecular complexity index is 875. The number of amides is 1. The van der Waals surface area contributed by atoms with E-state index in [0.29, 0.717) is 18.1 Å². The van der Waals surface area contributed by atoms with Crippen LogP contribution < -0.4 is 14.8 Å². The van der Waals surface area contributed by atoms with Crippen molar-refractivity contribution in [1.82, 2.24) is 10.2 Å². The van der Waals surface area contributed by atoms with Crippen LogP contribution in [-0.2, 0) is 11.2 Å². The molecule has 0 atom stereocenters. The molecule has 7 heteroatoms. The van der Waals surface area contributed by atoms with Crippen LogP contribution >= 0.6 is 0 Å². The van der Waals surface area contributed by atoms with Gasteiger partial charge in [0.15, 0.2) is 6.61 Å². The van der Waals surface area contributed by atoms with E-state index >= 15 is 0 Å². The van der Waals surface area contributed by atoms with E-state index < -0.39 is 0 Å². The lowest BCUT2D eigenvalue weighted by Gasteiger charge is -2.07. The van der Waals surface area contributed by atoms with Crippen LogP contribution in [0.3, 0.4) is 0 Å². The minimum Gasteiger partial charge on any atom is -0.497 e. The molecule has 3 rings (SSSR count). The Balaban J connectivity index is 1.52. The molecule has 1 N–H and O–H groups in total. The normalized spacial score (nSPS) is 10.4. The summed E-state index contributed by atoms with van der Waals surface area (Å²) in [5, 5.41) is 10.3. The van der Waals surface area contributed by atoms with Crippen molar-refractivity contribution in [2.24, 2.45) is 0 Å². The Hall–Kier alpha value is -3.35. The summed E-state index contributed by atoms with van der Waals surface area (Å²) >= 11 is 0. The van der Waals surface area contributed by atoms with Crippen molar-refractivity contribution in [3.05, 3.63) is 65.5 Å². The molecule has 0 aliphatic heterocycles. The van der Waals surface area contributed by atoms with Crippen LogP contribution in [0.15, 0.2) is 52.9 Å². The van der Waals surface area contributed by atoms with Gasteiger partial charge < -0.3 is 13.9 Å². The molecule has 0 fully saturated rings. The van der Waals surface area contributed by atoms with Crippen molar-refractivity contribution in [2.75, 3.05) is 19.0 Å². The Morgan fingerprint density at radius 3 is 2.62 bits per heavy atom. The van der Waals surface area contributed by atoms with Crippen molar-refractivity contribution >= 4 is 11.9 Å². The predicted octanol–water partition coefficient (Wildman–Crippen LogP) is 2.99. The second-order valence-corrected chi connectivity index (χ2v) is 5.63. The molecule has 26 heavy (non-hydrogen) atoms. The lowest BCUT2D eigenvalue weighted by molar-refractivity contribution is -0.118. The lowest BCUT2D eigenvalue weighted by Crippen LogP contribution is -2.20. The summed E-state index contributed by atoms with van der Waals surface area (Å²) in [7, 11) is 1.62. The number of hydrogen-bond acceptors (Lipinski definition) is 6. The van der Waals surface area contributed by atoms with Gasteiger partial charge in [0.1, 0.15) is 11.5 Å². The standard InChI is InChI=1S/C19H19N3O4/c1-13-5-3-4-6-16(13)25-12-17(23)20-19-22-21-18(26-19)11-14-7-9-15(24-2)10-8-14/h3-10H,11-12H2,1-2H3,(H,20,22,23). The molecule has 0 aliphatic carbocycles. The van der Waals surface area contributed by atoms with Crippen LogP contribution in [0.1, 0.15) is 17.0 Å². The monoisotopic (exact) mass is 353 g/mol. The van der Waals surface area contributed by atoms with Gasteiger partial charge in [0, 0.05) is 0 Å². The molecular weight excluding hydrogens is 334 g/mol. The van der Waals surface area contributed by atoms with Gasteiger partial charge >= 0.3 is 6.01 Å². The van der Waals surface area contributed by atoms with E-state index in [4.69, 9.17) is 13.9 Å². The van der Waals surface area contributed by atoms with Gasteiger partial charge in [-0.3, -0.25) is 10.1 Å². The maximum Gasteiger partial charge on any atom is 0.322 e. The van der Waals surface area contributed by atoms with Gasteiger partial charge in [-0.15, -0.1) is 5.10 Å². The maximum absolute atomic E-state index is 12.0. The molecule has 0 bridgehead atoms. The average molecular weight is 353 g/mol. The van der Waals surface area contributed by atoms with Crippen molar-refractivity contribution in [3.63, 3.8) is 0 Å². The third kappa shape index (κ3) is 4.60. The van der Waals surface area contributed by atoms with E-state index in [9.17, 15) is 4.79 Å². The smallest absolute Gasteiger partial charge is 0.322 e. The summed E-state index contributed by atoms with van der Waals surface area (Å²) in [4.78, 5) is 12.0. The van der Waals surface area contributed by atoms with Gasteiger partial charge in [0.2, 0.25) is 5.89 Å². The van der Waals surface area contributed by atoms with Gasteiger partial charge in [-0.25, -0.2) is 0 Å². The summed E-state index contributed by atoms with van der Waals surface area (Å²) in [6, 6.07) is 15.1. The number of methoxy groups -OCH3 is 1. The molecule has 134 valence electrons. The van der Waals surface area contributed by atoms with Gasteiger partial charge in [0.25, 0.3) is 5.91 Å². The number of benzene rings is 2. The molecule has 7 nitrogen and oxygen atoms in total. The van der Waals surface area contributed by atoms with Crippen LogP contribution in [0.25, 0.3) is 0 Å². The van der Waals surface area contributed by atoms with Crippen LogP contribution in [-0.4, -0.2) is 29.8 Å². The number of rotatable bonds is 7. The molecule has 0 unspecified atom stereocenters. The fraction of sp³-hybridized carbons (Fsp3) is 0.211. The SMILES string of the molecule is COc1ccc(Cc2nnc(NC(=O)COc3ccccc3C)o2)cc1. The third-order valence-corrected chi connectivity index (χ3v) is 3.68. The molecule has 2 aromatic carbocycles. The number of aryl methyl sites for hydroxylation is 1. The molecule has 0 saturated heterocycles. The largest absolute Gasteiger partial charge is 0.497 e. The van der Waals surface area contributed by atoms with Crippen LogP contribution in [0, 0.1) is 6.92 Å². The zero-order valence-electron chi connectivity index (χ0n) is 14.6. The molecule has 0 spiro atoms. The Morgan fingerprint density at radius 1 is 1.12 bits per heavy atom. The first kappa shape index (κ1) is 17.5. The number of nitrogens with zero attached hydrogens (tertiary/aromatic N) is 2. The number of carbonyl (C=O) groups is 1. The van der Waals surface area contributed by atoms with Crippen LogP contribution in [0.2, 0.25) is 0 Å². The minimum atomic E-state index is -0.368. The number of nitrogens with one attached hydrogen (secondary N) is 1. The number of ether oxygens (including phenoxy) is 2. The molecule has 0 radical (unpaired) electrons. The summed E-state index contributed by atoms with van der Waals surface area (Å²) in [5.41, 5.74) is 1.95. The first-order valence-corrected chi connectivity index (χ1v) is 8.07. The van der Waals surface area contributed by atoms with Crippen LogP contribution in [0.5, 0.6) is 11.5 Å². The van der Waals surface area contributed by atoms with Crippen molar-refractivity contribution in [1.29, 1.82) is 0 Å². The number of anilines is 1. The van der Waals surface area contributed by atoms with Crippen LogP contribution in [0.4, 0.5) is 6.01 Å². The zero-order valence-corrected chi connectivity index (χ0v) is 14.6. The van der Waals surface area contributed by atoms with Gasteiger partial charge in [0.05, 0.1) is 13.5 Å². The minimum absolute atomic E-state index is 0.0481. The van der Waals surface area contributed by atoms with E-state index in [1.54, 1.807) is 7.11 Å². The van der Waals surface area contributed by atoms with E-state index in [-0.39, 0.29) is 18.5 Å². The van der Waals surface area contributed by atoms with E-state index in [1.807, 2.05) is 55.5 Å². The average Bonchev–Trinajstić information content (AvgIpc) is 3.08. The quantitative estimate of drug-likeness (QED) is 0.703. The molecule has 0 saturated carbocycles. The first-order chi connectivity index (χ1) is 12.6. The Kier molecular flexibility index (Phi) is 5.48. The molecule has 1 heterocycles. The predicted molar refractivity (Wildman–Crippen MR) is 95.4 cm³/mol. The molecule has 3 aromatic rings. The fourth-order valence-corrected chi connectivity index (χ4v) is 2.31. The summed E-state index contributed by atoms with van der Waals surface area (Å²) in [5.74, 6) is 1.48. The molecule has 1 amide bonds. The topological polar surface area (TPSA) is 86.5 Å². The van der Waals surface area contributed by atoms with E-state index in [2.05, 4.69) is 15.5 Å². The van der Waals surface area contributed by atoms with Gasteiger partial charge in [-0.2, -0.15) is 0 Å². The zero-order chi connectivity index (χ0) is 18.4. The van der Waals surface area contributed by atoms with Gasteiger partial charge in [-0.1, -0.05) is 35.4 Å². The number of hydrogen-bond donors (Lipinski definition) is 1. The Morgan fingerprint density at radius 2 is 1.88 bits per heavy atom. The van der Waals surface area contributed by atoms with Gasteiger partial charge in [-0.05, 0) is 36.2 Å². The fourth-order valence-electron chi connectivity index (χ4n) is 2.31. The highest BCUT2D eigenvalue weighted by Crippen LogP contribution is 2.17. The van der Waals surface area contributed by atoms with Crippen molar-refractivity contribution < 1.29 is 18.7 Å². The van der Waals surface area contributed by atoms with E-state index in [0.717, 1.165) is 16.9 Å². The number of para-hydroxylation sites is 1. The second kappa shape index (κ2) is 8.15. The summed E-state index contributed by atoms with van der Waals surface area (Å²) < 4.78 is 16.0. The summed E-state index contributed by atoms with van der Waals surface area (Å²) in [6.07, 6.45) is 0.465. The highest BCUT2D eigenvalue weighted by molar-refractivity contribution is 5.89. The first-order valence-electron chi connectivity index (χ1n) is 8.07. The second-order valence-electron chi connectivity index (χ2n) is 5.63. The van der Waals surface area contributed by atoms with Crippen molar-refractivity contribution in [3.8, 4) is 11.5 Å². The highest BCUT2D eigenvalue weighted by Gasteiger charge is 2.11. The Labute approximate surface area is 151 Å². The van der Waals surface area contributed by atoms with Crippen molar-refractivity contribution in [2.45, 2.75) is 13.3 Å². The molecule has 0 aliphatic rings. The molecular formula is C19H19N3O4. The highest BCUT2D eigenvalue weighted by atomic mass is 16.5. The number of aromatic nitrogens is 2. The molecule has 1 aromatic heterocycles. The summed E-state index contributed by atoms with van der Waals surface area (Å²) in [6.45, 7) is 1.78. The maximum atomic E-state index is 12.0.